The van der Waals surface area contributed by atoms with E-state index in [0.29, 0.717) is 5.02 Å². The van der Waals surface area contributed by atoms with Crippen molar-refractivity contribution >= 4 is 49.1 Å². The Morgan fingerprint density at radius 1 is 1.33 bits per heavy atom. The van der Waals surface area contributed by atoms with Crippen LogP contribution < -0.4 is 5.32 Å². The highest BCUT2D eigenvalue weighted by atomic mass is 79.9. The Morgan fingerprint density at radius 3 is 2.44 bits per heavy atom. The van der Waals surface area contributed by atoms with Crippen LogP contribution in [0.2, 0.25) is 5.02 Å². The van der Waals surface area contributed by atoms with E-state index in [-0.39, 0.29) is 6.04 Å². The molecule has 0 aliphatic rings. The van der Waals surface area contributed by atoms with Crippen molar-refractivity contribution < 1.29 is 0 Å². The molecule has 1 atom stereocenters. The first-order valence-corrected chi connectivity index (χ1v) is 7.33. The molecule has 0 aliphatic carbocycles. The molecule has 1 aromatic heterocycles. The third kappa shape index (κ3) is 3.08. The molecule has 1 heterocycles. The van der Waals surface area contributed by atoms with Crippen LogP contribution in [-0.2, 0) is 7.05 Å². The molecule has 6 heteroatoms. The molecule has 0 aliphatic heterocycles. The van der Waals surface area contributed by atoms with Crippen molar-refractivity contribution in [3.05, 3.63) is 44.1 Å². The van der Waals surface area contributed by atoms with Gasteiger partial charge in [0.15, 0.2) is 0 Å². The summed E-state index contributed by atoms with van der Waals surface area (Å²) in [5, 5.41) is 8.29. The van der Waals surface area contributed by atoms with Crippen LogP contribution in [0.4, 0.5) is 5.69 Å². The number of hydrogen-bond donors (Lipinski definition) is 1. The van der Waals surface area contributed by atoms with E-state index < -0.39 is 0 Å². The van der Waals surface area contributed by atoms with E-state index in [1.165, 1.54) is 0 Å². The fourth-order valence-electron chi connectivity index (χ4n) is 1.64. The Bertz CT molecular complexity index is 545. The molecule has 1 aromatic carbocycles. The van der Waals surface area contributed by atoms with Crippen LogP contribution in [0.5, 0.6) is 0 Å². The topological polar surface area (TPSA) is 29.9 Å². The van der Waals surface area contributed by atoms with E-state index in [9.17, 15) is 0 Å². The minimum atomic E-state index is 0.160. The minimum absolute atomic E-state index is 0.160. The first kappa shape index (κ1) is 13.9. The maximum absolute atomic E-state index is 5.98. The summed E-state index contributed by atoms with van der Waals surface area (Å²) >= 11 is 13.0. The lowest BCUT2D eigenvalue weighted by Gasteiger charge is -2.17. The molecule has 96 valence electrons. The van der Waals surface area contributed by atoms with Gasteiger partial charge in [0.1, 0.15) is 0 Å². The summed E-state index contributed by atoms with van der Waals surface area (Å²) in [6, 6.07) is 3.89. The molecule has 3 nitrogen and oxygen atoms in total. The van der Waals surface area contributed by atoms with Crippen molar-refractivity contribution in [2.75, 3.05) is 5.32 Å². The largest absolute Gasteiger partial charge is 0.377 e. The molecule has 2 rings (SSSR count). The smallest absolute Gasteiger partial charge is 0.0634 e. The lowest BCUT2D eigenvalue weighted by atomic mass is 10.2. The highest BCUT2D eigenvalue weighted by Crippen LogP contribution is 2.36. The number of benzene rings is 1. The van der Waals surface area contributed by atoms with Crippen LogP contribution in [0.1, 0.15) is 18.5 Å². The van der Waals surface area contributed by atoms with E-state index >= 15 is 0 Å². The predicted molar refractivity (Wildman–Crippen MR) is 82.1 cm³/mol. The van der Waals surface area contributed by atoms with Crippen molar-refractivity contribution in [2.45, 2.75) is 13.0 Å². The van der Waals surface area contributed by atoms with Gasteiger partial charge >= 0.3 is 0 Å². The van der Waals surface area contributed by atoms with E-state index in [2.05, 4.69) is 49.2 Å². The molecule has 0 spiro atoms. The number of anilines is 1. The average molecular weight is 394 g/mol. The summed E-state index contributed by atoms with van der Waals surface area (Å²) in [6.45, 7) is 2.09. The Morgan fingerprint density at radius 2 is 1.94 bits per heavy atom. The second kappa shape index (κ2) is 5.63. The fourth-order valence-corrected chi connectivity index (χ4v) is 3.54. The van der Waals surface area contributed by atoms with Crippen LogP contribution in [0.25, 0.3) is 0 Å². The molecule has 0 radical (unpaired) electrons. The van der Waals surface area contributed by atoms with Crippen LogP contribution in [0.3, 0.4) is 0 Å². The molecular weight excluding hydrogens is 381 g/mol. The van der Waals surface area contributed by atoms with Gasteiger partial charge in [0.25, 0.3) is 0 Å². The first-order valence-electron chi connectivity index (χ1n) is 5.37. The molecule has 0 saturated heterocycles. The summed E-state index contributed by atoms with van der Waals surface area (Å²) < 4.78 is 3.65. The van der Waals surface area contributed by atoms with E-state index in [0.717, 1.165) is 20.2 Å². The third-order valence-electron chi connectivity index (χ3n) is 2.59. The molecular formula is C12H12Br2ClN3. The van der Waals surface area contributed by atoms with Crippen molar-refractivity contribution in [2.24, 2.45) is 7.05 Å². The van der Waals surface area contributed by atoms with Crippen LogP contribution in [0, 0.1) is 0 Å². The second-order valence-electron chi connectivity index (χ2n) is 4.06. The Kier molecular flexibility index (Phi) is 4.35. The summed E-state index contributed by atoms with van der Waals surface area (Å²) in [5.74, 6) is 0. The minimum Gasteiger partial charge on any atom is -0.377 e. The summed E-state index contributed by atoms with van der Waals surface area (Å²) in [6.07, 6.45) is 3.85. The summed E-state index contributed by atoms with van der Waals surface area (Å²) in [4.78, 5) is 0. The molecule has 2 aromatic rings. The quantitative estimate of drug-likeness (QED) is 0.814. The Balaban J connectivity index is 2.24. The Hall–Kier alpha value is -0.520. The van der Waals surface area contributed by atoms with E-state index in [1.807, 2.05) is 31.6 Å². The number of rotatable bonds is 3. The maximum Gasteiger partial charge on any atom is 0.0634 e. The molecule has 18 heavy (non-hydrogen) atoms. The zero-order valence-electron chi connectivity index (χ0n) is 9.92. The SMILES string of the molecule is CC(Nc1c(Br)cc(Cl)cc1Br)c1cnn(C)c1. The summed E-state index contributed by atoms with van der Waals surface area (Å²) in [7, 11) is 1.91. The lowest BCUT2D eigenvalue weighted by Crippen LogP contribution is -2.07. The second-order valence-corrected chi connectivity index (χ2v) is 6.20. The van der Waals surface area contributed by atoms with Crippen molar-refractivity contribution in [3.63, 3.8) is 0 Å². The highest BCUT2D eigenvalue weighted by molar-refractivity contribution is 9.11. The zero-order valence-corrected chi connectivity index (χ0v) is 13.8. The van der Waals surface area contributed by atoms with Gasteiger partial charge in [-0.2, -0.15) is 5.10 Å². The number of nitrogens with zero attached hydrogens (tertiary/aromatic N) is 2. The normalized spacial score (nSPS) is 12.5. The molecule has 1 N–H and O–H groups in total. The van der Waals surface area contributed by atoms with Gasteiger partial charge in [0.05, 0.1) is 17.9 Å². The van der Waals surface area contributed by atoms with E-state index in [4.69, 9.17) is 11.6 Å². The van der Waals surface area contributed by atoms with Crippen LogP contribution in [-0.4, -0.2) is 9.78 Å². The van der Waals surface area contributed by atoms with Gasteiger partial charge in [0, 0.05) is 32.8 Å². The van der Waals surface area contributed by atoms with Crippen LogP contribution >= 0.6 is 43.5 Å². The molecule has 0 saturated carbocycles. The first-order chi connectivity index (χ1) is 8.47. The Labute approximate surface area is 128 Å². The van der Waals surface area contributed by atoms with Gasteiger partial charge in [-0.05, 0) is 50.9 Å². The predicted octanol–water partition coefficient (Wildman–Crippen LogP) is 4.77. The van der Waals surface area contributed by atoms with Gasteiger partial charge in [-0.1, -0.05) is 11.6 Å². The van der Waals surface area contributed by atoms with Gasteiger partial charge in [-0.15, -0.1) is 0 Å². The van der Waals surface area contributed by atoms with Crippen molar-refractivity contribution in [1.29, 1.82) is 0 Å². The van der Waals surface area contributed by atoms with Gasteiger partial charge < -0.3 is 5.32 Å². The number of halogens is 3. The van der Waals surface area contributed by atoms with Crippen LogP contribution in [0.15, 0.2) is 33.5 Å². The monoisotopic (exact) mass is 391 g/mol. The van der Waals surface area contributed by atoms with Gasteiger partial charge in [-0.3, -0.25) is 4.68 Å². The third-order valence-corrected chi connectivity index (χ3v) is 4.06. The van der Waals surface area contributed by atoms with E-state index in [1.54, 1.807) is 4.68 Å². The highest BCUT2D eigenvalue weighted by Gasteiger charge is 2.12. The zero-order chi connectivity index (χ0) is 13.3. The van der Waals surface area contributed by atoms with Crippen molar-refractivity contribution in [1.82, 2.24) is 9.78 Å². The summed E-state index contributed by atoms with van der Waals surface area (Å²) in [5.41, 5.74) is 2.11. The molecule has 0 fully saturated rings. The lowest BCUT2D eigenvalue weighted by molar-refractivity contribution is 0.765. The number of aryl methyl sites for hydroxylation is 1. The van der Waals surface area contributed by atoms with Gasteiger partial charge in [0.2, 0.25) is 0 Å². The molecule has 0 bridgehead atoms. The fraction of sp³-hybridized carbons (Fsp3) is 0.250. The number of hydrogen-bond acceptors (Lipinski definition) is 2. The van der Waals surface area contributed by atoms with Gasteiger partial charge in [-0.25, -0.2) is 0 Å². The number of aromatic nitrogens is 2. The number of nitrogens with one attached hydrogen (secondary N) is 1. The van der Waals surface area contributed by atoms with Crippen molar-refractivity contribution in [3.8, 4) is 0 Å². The average Bonchev–Trinajstić information content (AvgIpc) is 2.70. The molecule has 0 amide bonds. The standard InChI is InChI=1S/C12H12Br2ClN3/c1-7(8-5-16-18(2)6-8)17-12-10(13)3-9(15)4-11(12)14/h3-7,17H,1-2H3. The molecule has 1 unspecified atom stereocenters. The maximum atomic E-state index is 5.98.